The fourth-order valence-electron chi connectivity index (χ4n) is 1.24. The van der Waals surface area contributed by atoms with Crippen molar-refractivity contribution in [2.75, 3.05) is 19.0 Å². The monoisotopic (exact) mass is 288 g/mol. The second-order valence-corrected chi connectivity index (χ2v) is 3.94. The Morgan fingerprint density at radius 3 is 2.63 bits per heavy atom. The van der Waals surface area contributed by atoms with E-state index in [1.807, 2.05) is 0 Å². The van der Waals surface area contributed by atoms with Crippen LogP contribution in [0.3, 0.4) is 0 Å². The maximum Gasteiger partial charge on any atom is 0.338 e. The molecule has 0 aromatic heterocycles. The van der Waals surface area contributed by atoms with Crippen LogP contribution in [0.5, 0.6) is 5.75 Å². The van der Waals surface area contributed by atoms with E-state index in [2.05, 4.69) is 12.6 Å². The molecule has 0 aliphatic rings. The summed E-state index contributed by atoms with van der Waals surface area (Å²) < 4.78 is 23.2. The van der Waals surface area contributed by atoms with Gasteiger partial charge in [0, 0.05) is 11.8 Å². The maximum absolute atomic E-state index is 13.3. The second-order valence-electron chi connectivity index (χ2n) is 3.49. The molecule has 1 N–H and O–H groups in total. The molecule has 0 fully saturated rings. The number of carbonyl (C=O) groups excluding carboxylic acids is 1. The Bertz CT molecular complexity index is 463. The highest BCUT2D eigenvalue weighted by molar-refractivity contribution is 7.80. The molecule has 0 saturated heterocycles. The highest BCUT2D eigenvalue weighted by Crippen LogP contribution is 2.16. The maximum atomic E-state index is 13.3. The van der Waals surface area contributed by atoms with Gasteiger partial charge in [-0.25, -0.2) is 9.18 Å². The topological polar surface area (TPSA) is 72.8 Å². The Kier molecular flexibility index (Phi) is 6.14. The summed E-state index contributed by atoms with van der Waals surface area (Å²) in [6, 6.07) is 3.42. The molecule has 104 valence electrons. The number of hydrogen-bond acceptors (Lipinski definition) is 5. The lowest BCUT2D eigenvalue weighted by Crippen LogP contribution is -2.12. The Morgan fingerprint density at radius 1 is 1.32 bits per heavy atom. The summed E-state index contributed by atoms with van der Waals surface area (Å²) in [5.41, 5.74) is -0.424. The summed E-state index contributed by atoms with van der Waals surface area (Å²) in [6.07, 6.45) is 0.213. The number of carboxylic acid groups (broad SMARTS) is 1. The molecule has 1 aromatic carbocycles. The quantitative estimate of drug-likeness (QED) is 0.454. The van der Waals surface area contributed by atoms with Gasteiger partial charge < -0.3 is 14.6 Å². The van der Waals surface area contributed by atoms with Crippen LogP contribution in [-0.4, -0.2) is 36.0 Å². The number of esters is 1. The molecule has 0 heterocycles. The zero-order valence-corrected chi connectivity index (χ0v) is 10.9. The average molecular weight is 288 g/mol. The summed E-state index contributed by atoms with van der Waals surface area (Å²) in [7, 11) is 0. The normalized spacial score (nSPS) is 10.0. The molecule has 5 nitrogen and oxygen atoms in total. The van der Waals surface area contributed by atoms with Crippen molar-refractivity contribution >= 4 is 24.6 Å². The smallest absolute Gasteiger partial charge is 0.338 e. The van der Waals surface area contributed by atoms with Crippen molar-refractivity contribution < 1.29 is 28.6 Å². The van der Waals surface area contributed by atoms with Crippen LogP contribution >= 0.6 is 12.6 Å². The third kappa shape index (κ3) is 5.17. The van der Waals surface area contributed by atoms with Gasteiger partial charge in [-0.05, 0) is 12.1 Å². The third-order valence-electron chi connectivity index (χ3n) is 2.10. The third-order valence-corrected chi connectivity index (χ3v) is 2.33. The summed E-state index contributed by atoms with van der Waals surface area (Å²) in [5, 5.41) is 8.64. The van der Waals surface area contributed by atoms with Crippen molar-refractivity contribution in [1.82, 2.24) is 0 Å². The van der Waals surface area contributed by atoms with Crippen molar-refractivity contribution in [3.63, 3.8) is 0 Å². The largest absolute Gasteiger partial charge is 0.490 e. The molecule has 0 atom stereocenters. The molecular formula is C12H13FO5S. The zero-order chi connectivity index (χ0) is 14.3. The van der Waals surface area contributed by atoms with E-state index in [4.69, 9.17) is 14.6 Å². The lowest BCUT2D eigenvalue weighted by Gasteiger charge is -2.07. The molecule has 0 aliphatic carbocycles. The highest BCUT2D eigenvalue weighted by Gasteiger charge is 2.10. The Morgan fingerprint density at radius 2 is 2.05 bits per heavy atom. The average Bonchev–Trinajstić information content (AvgIpc) is 2.34. The van der Waals surface area contributed by atoms with E-state index in [-0.39, 0.29) is 31.4 Å². The van der Waals surface area contributed by atoms with E-state index in [1.54, 1.807) is 0 Å². The molecule has 19 heavy (non-hydrogen) atoms. The van der Waals surface area contributed by atoms with Crippen LogP contribution in [0.2, 0.25) is 0 Å². The second kappa shape index (κ2) is 7.63. The first kappa shape index (κ1) is 15.3. The number of ether oxygens (including phenoxy) is 2. The number of carbonyl (C=O) groups is 2. The van der Waals surface area contributed by atoms with Gasteiger partial charge in [0.2, 0.25) is 0 Å². The molecule has 7 heteroatoms. The summed E-state index contributed by atoms with van der Waals surface area (Å²) in [5.74, 6) is -2.03. The van der Waals surface area contributed by atoms with E-state index < -0.39 is 17.3 Å². The van der Waals surface area contributed by atoms with Crippen LogP contribution in [-0.2, 0) is 9.53 Å². The molecule has 0 saturated carbocycles. The lowest BCUT2D eigenvalue weighted by molar-refractivity contribution is -0.143. The van der Waals surface area contributed by atoms with Crippen molar-refractivity contribution in [3.05, 3.63) is 29.6 Å². The number of rotatable bonds is 7. The summed E-state index contributed by atoms with van der Waals surface area (Å²) in [6.45, 7) is 0.0963. The Balaban J connectivity index is 2.40. The van der Waals surface area contributed by atoms with Gasteiger partial charge in [0.15, 0.2) is 0 Å². The minimum Gasteiger partial charge on any atom is -0.490 e. The first-order chi connectivity index (χ1) is 9.04. The van der Waals surface area contributed by atoms with Crippen LogP contribution in [0.1, 0.15) is 16.8 Å². The van der Waals surface area contributed by atoms with Gasteiger partial charge >= 0.3 is 11.9 Å². The first-order valence-electron chi connectivity index (χ1n) is 5.46. The number of hydrogen-bond donors (Lipinski definition) is 2. The van der Waals surface area contributed by atoms with E-state index in [1.165, 1.54) is 6.07 Å². The molecule has 0 radical (unpaired) electrons. The molecule has 0 unspecified atom stereocenters. The SMILES string of the molecule is O=C(CCS)OCCOc1ccc(C(=O)O)c(F)c1. The van der Waals surface area contributed by atoms with Gasteiger partial charge in [0.1, 0.15) is 24.8 Å². The molecule has 0 aliphatic heterocycles. The molecule has 1 rings (SSSR count). The van der Waals surface area contributed by atoms with Crippen LogP contribution < -0.4 is 4.74 Å². The minimum absolute atomic E-state index is 0.0366. The Hall–Kier alpha value is -1.76. The fourth-order valence-corrected chi connectivity index (χ4v) is 1.42. The molecular weight excluding hydrogens is 275 g/mol. The Labute approximate surface area is 114 Å². The number of halogens is 1. The summed E-state index contributed by atoms with van der Waals surface area (Å²) in [4.78, 5) is 21.6. The predicted octanol–water partition coefficient (Wildman–Crippen LogP) is 1.77. The van der Waals surface area contributed by atoms with E-state index in [9.17, 15) is 14.0 Å². The number of carboxylic acids is 1. The minimum atomic E-state index is -1.34. The van der Waals surface area contributed by atoms with Gasteiger partial charge in [0.05, 0.1) is 12.0 Å². The lowest BCUT2D eigenvalue weighted by atomic mass is 10.2. The van der Waals surface area contributed by atoms with Crippen molar-refractivity contribution in [3.8, 4) is 5.75 Å². The fraction of sp³-hybridized carbons (Fsp3) is 0.333. The van der Waals surface area contributed by atoms with E-state index >= 15 is 0 Å². The van der Waals surface area contributed by atoms with Crippen molar-refractivity contribution in [1.29, 1.82) is 0 Å². The molecule has 0 bridgehead atoms. The van der Waals surface area contributed by atoms with Gasteiger partial charge in [0.25, 0.3) is 0 Å². The van der Waals surface area contributed by atoms with Gasteiger partial charge in [-0.15, -0.1) is 0 Å². The number of benzene rings is 1. The number of aromatic carboxylic acids is 1. The van der Waals surface area contributed by atoms with Gasteiger partial charge in [-0.1, -0.05) is 0 Å². The summed E-state index contributed by atoms with van der Waals surface area (Å²) >= 11 is 3.88. The number of thiol groups is 1. The van der Waals surface area contributed by atoms with Crippen LogP contribution in [0, 0.1) is 5.82 Å². The van der Waals surface area contributed by atoms with Crippen LogP contribution in [0.4, 0.5) is 4.39 Å². The van der Waals surface area contributed by atoms with Gasteiger partial charge in [-0.3, -0.25) is 4.79 Å². The van der Waals surface area contributed by atoms with Crippen LogP contribution in [0.15, 0.2) is 18.2 Å². The standard InChI is InChI=1S/C12H13FO5S/c13-10-7-8(1-2-9(10)12(15)16)17-4-5-18-11(14)3-6-19/h1-2,7,19H,3-6H2,(H,15,16). The van der Waals surface area contributed by atoms with Gasteiger partial charge in [-0.2, -0.15) is 12.6 Å². The predicted molar refractivity (Wildman–Crippen MR) is 68.3 cm³/mol. The van der Waals surface area contributed by atoms with E-state index in [0.717, 1.165) is 12.1 Å². The highest BCUT2D eigenvalue weighted by atomic mass is 32.1. The van der Waals surface area contributed by atoms with E-state index in [0.29, 0.717) is 5.75 Å². The molecule has 0 amide bonds. The molecule has 0 spiro atoms. The molecule has 1 aromatic rings. The first-order valence-corrected chi connectivity index (χ1v) is 6.10. The zero-order valence-electron chi connectivity index (χ0n) is 9.97. The van der Waals surface area contributed by atoms with Crippen LogP contribution in [0.25, 0.3) is 0 Å². The van der Waals surface area contributed by atoms with Crippen molar-refractivity contribution in [2.24, 2.45) is 0 Å². The van der Waals surface area contributed by atoms with Crippen molar-refractivity contribution in [2.45, 2.75) is 6.42 Å².